The molecule has 2 aromatic carbocycles. The summed E-state index contributed by atoms with van der Waals surface area (Å²) < 4.78 is 6.93. The zero-order valence-corrected chi connectivity index (χ0v) is 18.2. The fourth-order valence-corrected chi connectivity index (χ4v) is 3.50. The van der Waals surface area contributed by atoms with Gasteiger partial charge in [0.1, 0.15) is 23.1 Å². The summed E-state index contributed by atoms with van der Waals surface area (Å²) in [6.07, 6.45) is 3.29. The highest BCUT2D eigenvalue weighted by atomic mass is 79.9. The van der Waals surface area contributed by atoms with Gasteiger partial charge in [0.2, 0.25) is 5.16 Å². The number of aliphatic carboxylic acids is 1. The van der Waals surface area contributed by atoms with Crippen LogP contribution in [0.5, 0.6) is 5.75 Å². The molecule has 1 heterocycles. The maximum Gasteiger partial charge on any atom is 0.342 e. The third-order valence-corrected chi connectivity index (χ3v) is 5.33. The number of nitrogens with one attached hydrogen (secondary N) is 1. The van der Waals surface area contributed by atoms with Crippen molar-refractivity contribution in [3.8, 4) is 5.75 Å². The fraction of sp³-hybridized carbons (Fsp3) is 0.190. The summed E-state index contributed by atoms with van der Waals surface area (Å²) in [6.45, 7) is 2.43. The number of thioether (sulfide) groups is 1. The smallest absolute Gasteiger partial charge is 0.342 e. The maximum atomic E-state index is 11.8. The first-order valence-electron chi connectivity index (χ1n) is 9.05. The van der Waals surface area contributed by atoms with Gasteiger partial charge in [0.05, 0.1) is 0 Å². The van der Waals surface area contributed by atoms with Crippen molar-refractivity contribution < 1.29 is 14.6 Å². The minimum absolute atomic E-state index is 0.117. The number of hydrogen-bond donors (Lipinski definition) is 2. The van der Waals surface area contributed by atoms with Crippen LogP contribution in [0.3, 0.4) is 0 Å². The molecular weight excluding hydrogens is 454 g/mol. The Bertz CT molecular complexity index is 1000. The van der Waals surface area contributed by atoms with Gasteiger partial charge in [-0.25, -0.2) is 9.78 Å². The highest BCUT2D eigenvalue weighted by Gasteiger charge is 2.15. The van der Waals surface area contributed by atoms with Crippen molar-refractivity contribution >= 4 is 39.7 Å². The molecule has 0 bridgehead atoms. The van der Waals surface area contributed by atoms with Crippen LogP contribution >= 0.6 is 27.7 Å². The second-order valence-electron chi connectivity index (χ2n) is 6.18. The summed E-state index contributed by atoms with van der Waals surface area (Å²) in [7, 11) is 0. The van der Waals surface area contributed by atoms with E-state index in [9.17, 15) is 9.90 Å². The van der Waals surface area contributed by atoms with E-state index in [1.165, 1.54) is 0 Å². The molecule has 1 aromatic heterocycles. The number of H-pyrrole nitrogens is 1. The van der Waals surface area contributed by atoms with Gasteiger partial charge >= 0.3 is 5.97 Å². The first-order chi connectivity index (χ1) is 14.0. The molecule has 3 aromatic rings. The van der Waals surface area contributed by atoms with E-state index in [0.29, 0.717) is 23.1 Å². The van der Waals surface area contributed by atoms with E-state index in [-0.39, 0.29) is 4.91 Å². The third-order valence-electron chi connectivity index (χ3n) is 3.92. The molecule has 3 rings (SSSR count). The Labute approximate surface area is 181 Å². The molecule has 0 spiro atoms. The number of hydrogen-bond acceptors (Lipinski definition) is 5. The van der Waals surface area contributed by atoms with Crippen molar-refractivity contribution in [2.75, 3.05) is 0 Å². The van der Waals surface area contributed by atoms with E-state index in [1.807, 2.05) is 55.5 Å². The van der Waals surface area contributed by atoms with Gasteiger partial charge in [-0.15, -0.1) is 5.10 Å². The van der Waals surface area contributed by atoms with E-state index >= 15 is 0 Å². The molecule has 8 heteroatoms. The van der Waals surface area contributed by atoms with Gasteiger partial charge in [0.25, 0.3) is 0 Å². The van der Waals surface area contributed by atoms with Gasteiger partial charge in [0, 0.05) is 16.5 Å². The maximum absolute atomic E-state index is 11.8. The van der Waals surface area contributed by atoms with Crippen LogP contribution in [0, 0.1) is 0 Å². The molecule has 0 aliphatic heterocycles. The van der Waals surface area contributed by atoms with Gasteiger partial charge in [-0.2, -0.15) is 0 Å². The largest absolute Gasteiger partial charge is 0.488 e. The summed E-state index contributed by atoms with van der Waals surface area (Å²) >= 11 is 4.42. The summed E-state index contributed by atoms with van der Waals surface area (Å²) in [5.41, 5.74) is 1.70. The topological polar surface area (TPSA) is 88.1 Å². The van der Waals surface area contributed by atoms with Crippen molar-refractivity contribution in [3.63, 3.8) is 0 Å². The van der Waals surface area contributed by atoms with Gasteiger partial charge in [0.15, 0.2) is 0 Å². The average Bonchev–Trinajstić information content (AvgIpc) is 3.15. The Hall–Kier alpha value is -2.58. The Balaban J connectivity index is 1.78. The fourth-order valence-electron chi connectivity index (χ4n) is 2.52. The number of ether oxygens (including phenoxy) is 1. The lowest BCUT2D eigenvalue weighted by Crippen LogP contribution is -1.99. The quantitative estimate of drug-likeness (QED) is 0.323. The first-order valence-corrected chi connectivity index (χ1v) is 10.7. The van der Waals surface area contributed by atoms with Crippen LogP contribution < -0.4 is 4.74 Å². The minimum atomic E-state index is -1.04. The number of aromatic nitrogens is 3. The Morgan fingerprint density at radius 3 is 2.72 bits per heavy atom. The van der Waals surface area contributed by atoms with Crippen molar-refractivity contribution in [3.05, 3.63) is 74.9 Å². The van der Waals surface area contributed by atoms with Gasteiger partial charge in [-0.1, -0.05) is 53.2 Å². The molecule has 0 saturated carbocycles. The Kier molecular flexibility index (Phi) is 7.48. The van der Waals surface area contributed by atoms with Crippen molar-refractivity contribution in [2.24, 2.45) is 0 Å². The van der Waals surface area contributed by atoms with Crippen LogP contribution in [-0.2, 0) is 17.8 Å². The summed E-state index contributed by atoms with van der Waals surface area (Å²) in [4.78, 5) is 16.2. The molecule has 0 aliphatic rings. The lowest BCUT2D eigenvalue weighted by Gasteiger charge is -2.10. The summed E-state index contributed by atoms with van der Waals surface area (Å²) in [5, 5.41) is 16.9. The third kappa shape index (κ3) is 6.20. The molecule has 0 saturated heterocycles. The molecule has 0 amide bonds. The van der Waals surface area contributed by atoms with Crippen LogP contribution in [0.4, 0.5) is 0 Å². The molecule has 0 atom stereocenters. The Morgan fingerprint density at radius 1 is 1.24 bits per heavy atom. The molecule has 6 nitrogen and oxygen atoms in total. The van der Waals surface area contributed by atoms with Gasteiger partial charge < -0.3 is 9.84 Å². The highest BCUT2D eigenvalue weighted by molar-refractivity contribution is 9.10. The molecule has 0 unspecified atom stereocenters. The van der Waals surface area contributed by atoms with E-state index in [2.05, 4.69) is 31.1 Å². The second-order valence-corrected chi connectivity index (χ2v) is 8.11. The second kappa shape index (κ2) is 10.3. The predicted molar refractivity (Wildman–Crippen MR) is 117 cm³/mol. The van der Waals surface area contributed by atoms with Crippen LogP contribution in [0.1, 0.15) is 30.3 Å². The number of aryl methyl sites for hydroxylation is 1. The monoisotopic (exact) mass is 473 g/mol. The molecule has 0 aliphatic carbocycles. The summed E-state index contributed by atoms with van der Waals surface area (Å²) in [6, 6.07) is 15.2. The van der Waals surface area contributed by atoms with Crippen molar-refractivity contribution in [1.29, 1.82) is 0 Å². The number of rotatable bonds is 9. The standard InChI is InChI=1S/C21H20BrN3O3S/c1-2-5-19-23-21(25-24-19)29-18(20(26)27)12-15-6-3-4-7-17(15)28-13-14-8-10-16(22)11-9-14/h3-4,6-12H,2,5,13H2,1H3,(H,26,27)(H,23,24,25)/b18-12-. The zero-order valence-electron chi connectivity index (χ0n) is 15.8. The zero-order chi connectivity index (χ0) is 20.6. The van der Waals surface area contributed by atoms with E-state index in [0.717, 1.165) is 40.5 Å². The van der Waals surface area contributed by atoms with Crippen LogP contribution in [0.15, 0.2) is 63.1 Å². The van der Waals surface area contributed by atoms with Crippen molar-refractivity contribution in [2.45, 2.75) is 31.5 Å². The summed E-state index contributed by atoms with van der Waals surface area (Å²) in [5.74, 6) is 0.314. The minimum Gasteiger partial charge on any atom is -0.488 e. The number of carbonyl (C=O) groups is 1. The molecule has 29 heavy (non-hydrogen) atoms. The van der Waals surface area contributed by atoms with Crippen LogP contribution in [0.25, 0.3) is 6.08 Å². The molecule has 0 fully saturated rings. The molecular formula is C21H20BrN3O3S. The van der Waals surface area contributed by atoms with E-state index < -0.39 is 5.97 Å². The lowest BCUT2D eigenvalue weighted by atomic mass is 10.2. The number of nitrogens with zero attached hydrogens (tertiary/aromatic N) is 2. The van der Waals surface area contributed by atoms with E-state index in [1.54, 1.807) is 6.08 Å². The number of para-hydroxylation sites is 1. The van der Waals surface area contributed by atoms with Crippen LogP contribution in [0.2, 0.25) is 0 Å². The number of aromatic amines is 1. The predicted octanol–water partition coefficient (Wildman–Crippen LogP) is 5.32. The van der Waals surface area contributed by atoms with Gasteiger partial charge in [-0.05, 0) is 48.0 Å². The highest BCUT2D eigenvalue weighted by Crippen LogP contribution is 2.29. The lowest BCUT2D eigenvalue weighted by molar-refractivity contribution is -0.131. The van der Waals surface area contributed by atoms with Crippen LogP contribution in [-0.4, -0.2) is 26.3 Å². The molecule has 150 valence electrons. The Morgan fingerprint density at radius 2 is 2.00 bits per heavy atom. The number of benzene rings is 2. The number of carboxylic acid groups (broad SMARTS) is 1. The van der Waals surface area contributed by atoms with Gasteiger partial charge in [-0.3, -0.25) is 5.10 Å². The first kappa shape index (κ1) is 21.1. The number of halogens is 1. The van der Waals surface area contributed by atoms with E-state index in [4.69, 9.17) is 4.74 Å². The molecule has 0 radical (unpaired) electrons. The molecule has 2 N–H and O–H groups in total. The average molecular weight is 474 g/mol. The SMILES string of the molecule is CCCc1nc(S/C(=C\c2ccccc2OCc2ccc(Br)cc2)C(=O)O)n[nH]1. The van der Waals surface area contributed by atoms with Crippen molar-refractivity contribution in [1.82, 2.24) is 15.2 Å². The normalized spacial score (nSPS) is 11.4. The number of carboxylic acids is 1.